The van der Waals surface area contributed by atoms with Gasteiger partial charge >= 0.3 is 5.97 Å². The van der Waals surface area contributed by atoms with E-state index in [2.05, 4.69) is 21.9 Å². The van der Waals surface area contributed by atoms with Crippen molar-refractivity contribution in [3.8, 4) is 0 Å². The van der Waals surface area contributed by atoms with Crippen molar-refractivity contribution in [2.24, 2.45) is 0 Å². The molecule has 0 radical (unpaired) electrons. The summed E-state index contributed by atoms with van der Waals surface area (Å²) in [5.74, 6) is -0.264. The second-order valence-corrected chi connectivity index (χ2v) is 6.38. The van der Waals surface area contributed by atoms with Crippen molar-refractivity contribution in [1.82, 2.24) is 9.80 Å². The molecule has 1 atom stereocenters. The highest BCUT2D eigenvalue weighted by Crippen LogP contribution is 2.25. The van der Waals surface area contributed by atoms with Crippen LogP contribution >= 0.6 is 0 Å². The zero-order valence-corrected chi connectivity index (χ0v) is 13.5. The Morgan fingerprint density at radius 1 is 1.09 bits per heavy atom. The normalized spacial score (nSPS) is 23.6. The molecule has 2 aliphatic heterocycles. The van der Waals surface area contributed by atoms with Crippen molar-refractivity contribution in [2.75, 3.05) is 26.7 Å². The molecule has 1 aromatic carbocycles. The van der Waals surface area contributed by atoms with Gasteiger partial charge in [0.05, 0.1) is 18.8 Å². The van der Waals surface area contributed by atoms with Crippen molar-refractivity contribution in [3.63, 3.8) is 0 Å². The monoisotopic (exact) mass is 302 g/mol. The van der Waals surface area contributed by atoms with E-state index in [1.807, 2.05) is 12.1 Å². The summed E-state index contributed by atoms with van der Waals surface area (Å²) in [6, 6.07) is 7.86. The summed E-state index contributed by atoms with van der Waals surface area (Å²) in [6.45, 7) is 4.66. The van der Waals surface area contributed by atoms with Gasteiger partial charge in [0.1, 0.15) is 0 Å². The molecule has 1 unspecified atom stereocenters. The van der Waals surface area contributed by atoms with Crippen LogP contribution in [0.2, 0.25) is 0 Å². The van der Waals surface area contributed by atoms with Gasteiger partial charge in [-0.05, 0) is 43.5 Å². The van der Waals surface area contributed by atoms with E-state index in [0.29, 0.717) is 11.7 Å². The van der Waals surface area contributed by atoms with Crippen LogP contribution in [-0.2, 0) is 11.3 Å². The van der Waals surface area contributed by atoms with Gasteiger partial charge in [0, 0.05) is 19.6 Å². The molecule has 0 N–H and O–H groups in total. The fraction of sp³-hybridized carbons (Fsp3) is 0.611. The lowest BCUT2D eigenvalue weighted by Gasteiger charge is -2.43. The number of methoxy groups -OCH3 is 1. The fourth-order valence-corrected chi connectivity index (χ4v) is 3.73. The number of benzene rings is 1. The Balaban J connectivity index is 1.67. The van der Waals surface area contributed by atoms with E-state index in [9.17, 15) is 4.79 Å². The van der Waals surface area contributed by atoms with Crippen LogP contribution in [-0.4, -0.2) is 48.7 Å². The van der Waals surface area contributed by atoms with E-state index < -0.39 is 0 Å². The Hall–Kier alpha value is -1.39. The quantitative estimate of drug-likeness (QED) is 0.804. The van der Waals surface area contributed by atoms with Crippen molar-refractivity contribution < 1.29 is 9.53 Å². The van der Waals surface area contributed by atoms with Gasteiger partial charge in [-0.25, -0.2) is 4.79 Å². The molecule has 0 saturated carbocycles. The molecule has 0 amide bonds. The van der Waals surface area contributed by atoms with E-state index >= 15 is 0 Å². The van der Waals surface area contributed by atoms with Crippen LogP contribution in [0.3, 0.4) is 0 Å². The summed E-state index contributed by atoms with van der Waals surface area (Å²) in [5.41, 5.74) is 1.90. The van der Waals surface area contributed by atoms with Gasteiger partial charge in [0.25, 0.3) is 0 Å². The highest BCUT2D eigenvalue weighted by Gasteiger charge is 2.29. The Bertz CT molecular complexity index is 500. The lowest BCUT2D eigenvalue weighted by molar-refractivity contribution is -0.000351. The Morgan fingerprint density at radius 2 is 1.86 bits per heavy atom. The van der Waals surface area contributed by atoms with Crippen molar-refractivity contribution in [3.05, 3.63) is 35.4 Å². The number of ether oxygens (including phenoxy) is 1. The minimum Gasteiger partial charge on any atom is -0.465 e. The maximum absolute atomic E-state index is 11.5. The number of rotatable bonds is 3. The summed E-state index contributed by atoms with van der Waals surface area (Å²) < 4.78 is 4.75. The summed E-state index contributed by atoms with van der Waals surface area (Å²) in [6.07, 6.45) is 7.22. The lowest BCUT2D eigenvalue weighted by Crippen LogP contribution is -2.52. The molecule has 0 aromatic heterocycles. The standard InChI is InChI=1S/C18H26N2O2/c1-22-18(21)16-9-7-15(8-10-16)14-20-13-5-12-19-11-4-2-3-6-17(19)20/h7-10,17H,2-6,11-14H2,1H3. The highest BCUT2D eigenvalue weighted by atomic mass is 16.5. The molecule has 1 aromatic rings. The minimum atomic E-state index is -0.264. The number of fused-ring (bicyclic) bond motifs is 1. The second kappa shape index (κ2) is 7.25. The van der Waals surface area contributed by atoms with E-state index in [4.69, 9.17) is 4.74 Å². The molecule has 120 valence electrons. The molecule has 4 nitrogen and oxygen atoms in total. The summed E-state index contributed by atoms with van der Waals surface area (Å²) in [4.78, 5) is 16.8. The fourth-order valence-electron chi connectivity index (χ4n) is 3.73. The van der Waals surface area contributed by atoms with Crippen molar-refractivity contribution in [1.29, 1.82) is 0 Å². The summed E-state index contributed by atoms with van der Waals surface area (Å²) in [5, 5.41) is 0. The highest BCUT2D eigenvalue weighted by molar-refractivity contribution is 5.89. The van der Waals surface area contributed by atoms with Crippen LogP contribution < -0.4 is 0 Å². The molecule has 0 bridgehead atoms. The number of carbonyl (C=O) groups excluding carboxylic acids is 1. The van der Waals surface area contributed by atoms with E-state index in [1.54, 1.807) is 0 Å². The smallest absolute Gasteiger partial charge is 0.337 e. The largest absolute Gasteiger partial charge is 0.465 e. The first-order chi connectivity index (χ1) is 10.8. The molecule has 0 spiro atoms. The van der Waals surface area contributed by atoms with Crippen molar-refractivity contribution >= 4 is 5.97 Å². The van der Waals surface area contributed by atoms with E-state index in [0.717, 1.165) is 6.54 Å². The molecule has 3 rings (SSSR count). The zero-order chi connectivity index (χ0) is 15.4. The lowest BCUT2D eigenvalue weighted by atomic mass is 10.1. The van der Waals surface area contributed by atoms with Gasteiger partial charge in [-0.2, -0.15) is 0 Å². The first-order valence-corrected chi connectivity index (χ1v) is 8.43. The molecule has 2 heterocycles. The molecular formula is C18H26N2O2. The molecule has 2 aliphatic rings. The minimum absolute atomic E-state index is 0.264. The number of hydrogen-bond donors (Lipinski definition) is 0. The van der Waals surface area contributed by atoms with Gasteiger partial charge in [0.2, 0.25) is 0 Å². The average molecular weight is 302 g/mol. The topological polar surface area (TPSA) is 32.8 Å². The Kier molecular flexibility index (Phi) is 5.11. The third-order valence-corrected chi connectivity index (χ3v) is 4.90. The third kappa shape index (κ3) is 3.50. The maximum Gasteiger partial charge on any atom is 0.337 e. The average Bonchev–Trinajstić information content (AvgIpc) is 2.81. The predicted octanol–water partition coefficient (Wildman–Crippen LogP) is 2.88. The van der Waals surface area contributed by atoms with E-state index in [1.165, 1.54) is 64.4 Å². The molecule has 2 fully saturated rings. The van der Waals surface area contributed by atoms with Crippen LogP contribution in [0.25, 0.3) is 0 Å². The maximum atomic E-state index is 11.5. The molecule has 22 heavy (non-hydrogen) atoms. The number of esters is 1. The molecule has 4 heteroatoms. The summed E-state index contributed by atoms with van der Waals surface area (Å²) in [7, 11) is 1.42. The van der Waals surface area contributed by atoms with Crippen LogP contribution in [0.4, 0.5) is 0 Å². The molecule has 0 aliphatic carbocycles. The number of nitrogens with zero attached hydrogens (tertiary/aromatic N) is 2. The summed E-state index contributed by atoms with van der Waals surface area (Å²) >= 11 is 0. The SMILES string of the molecule is COC(=O)c1ccc(CN2CCCN3CCCCCC32)cc1. The van der Waals surface area contributed by atoms with Gasteiger partial charge in [-0.15, -0.1) is 0 Å². The van der Waals surface area contributed by atoms with Gasteiger partial charge < -0.3 is 4.74 Å². The van der Waals surface area contributed by atoms with Gasteiger partial charge in [0.15, 0.2) is 0 Å². The Morgan fingerprint density at radius 3 is 2.64 bits per heavy atom. The predicted molar refractivity (Wildman–Crippen MR) is 86.6 cm³/mol. The van der Waals surface area contributed by atoms with E-state index in [-0.39, 0.29) is 5.97 Å². The van der Waals surface area contributed by atoms with Gasteiger partial charge in [-0.3, -0.25) is 9.80 Å². The van der Waals surface area contributed by atoms with Crippen LogP contribution in [0, 0.1) is 0 Å². The third-order valence-electron chi connectivity index (χ3n) is 4.90. The number of hydrogen-bond acceptors (Lipinski definition) is 4. The molecular weight excluding hydrogens is 276 g/mol. The first-order valence-electron chi connectivity index (χ1n) is 8.43. The Labute approximate surface area is 133 Å². The van der Waals surface area contributed by atoms with Gasteiger partial charge in [-0.1, -0.05) is 25.0 Å². The number of carbonyl (C=O) groups is 1. The van der Waals surface area contributed by atoms with Crippen LogP contribution in [0.5, 0.6) is 0 Å². The molecule has 2 saturated heterocycles. The first kappa shape index (κ1) is 15.5. The zero-order valence-electron chi connectivity index (χ0n) is 13.5. The second-order valence-electron chi connectivity index (χ2n) is 6.38. The van der Waals surface area contributed by atoms with Crippen LogP contribution in [0.1, 0.15) is 48.0 Å². The van der Waals surface area contributed by atoms with Crippen LogP contribution in [0.15, 0.2) is 24.3 Å². The van der Waals surface area contributed by atoms with Crippen molar-refractivity contribution in [2.45, 2.75) is 44.8 Å².